The fourth-order valence-electron chi connectivity index (χ4n) is 2.11. The fourth-order valence-corrected chi connectivity index (χ4v) is 2.11. The average molecular weight is 317 g/mol. The van der Waals surface area contributed by atoms with Gasteiger partial charge in [-0.15, -0.1) is 0 Å². The Labute approximate surface area is 134 Å². The molecule has 0 unspecified atom stereocenters. The van der Waals surface area contributed by atoms with Gasteiger partial charge >= 0.3 is 5.97 Å². The predicted octanol–water partition coefficient (Wildman–Crippen LogP) is 2.80. The second-order valence-corrected chi connectivity index (χ2v) is 5.37. The molecule has 0 bridgehead atoms. The lowest BCUT2D eigenvalue weighted by molar-refractivity contribution is -0.139. The molecule has 0 saturated heterocycles. The molecule has 1 heterocycles. The van der Waals surface area contributed by atoms with E-state index >= 15 is 0 Å². The molecule has 122 valence electrons. The number of rotatable bonds is 7. The molecule has 2 N–H and O–H groups in total. The molecular formula is C17H19NO5. The van der Waals surface area contributed by atoms with Crippen LogP contribution < -0.4 is 10.1 Å². The van der Waals surface area contributed by atoms with Crippen LogP contribution >= 0.6 is 0 Å². The zero-order valence-electron chi connectivity index (χ0n) is 13.0. The van der Waals surface area contributed by atoms with Crippen LogP contribution in [0.3, 0.4) is 0 Å². The van der Waals surface area contributed by atoms with Crippen LogP contribution in [-0.4, -0.2) is 23.6 Å². The van der Waals surface area contributed by atoms with Gasteiger partial charge in [0.05, 0.1) is 6.26 Å². The number of carbonyl (C=O) groups is 2. The van der Waals surface area contributed by atoms with Gasteiger partial charge in [-0.25, -0.2) is 4.79 Å². The van der Waals surface area contributed by atoms with Gasteiger partial charge in [0.1, 0.15) is 5.75 Å². The normalized spacial score (nSPS) is 10.6. The van der Waals surface area contributed by atoms with Gasteiger partial charge in [0, 0.05) is 12.1 Å². The van der Waals surface area contributed by atoms with Crippen molar-refractivity contribution in [3.05, 3.63) is 53.5 Å². The standard InChI is InChI=1S/C17H19NO5/c1-11(2)14-6-7-22-16(14)17(21)18-9-12-4-3-5-13(8-12)23-10-15(19)20/h3-8,11H,9-10H2,1-2H3,(H,18,21)(H,19,20). The Bertz CT molecular complexity index is 690. The molecule has 0 spiro atoms. The first-order valence-electron chi connectivity index (χ1n) is 7.26. The van der Waals surface area contributed by atoms with Crippen LogP contribution in [0.2, 0.25) is 0 Å². The Kier molecular flexibility index (Phi) is 5.41. The quantitative estimate of drug-likeness (QED) is 0.819. The summed E-state index contributed by atoms with van der Waals surface area (Å²) in [6.45, 7) is 3.87. The molecule has 2 rings (SSSR count). The van der Waals surface area contributed by atoms with Crippen LogP contribution in [-0.2, 0) is 11.3 Å². The van der Waals surface area contributed by atoms with E-state index in [1.165, 1.54) is 6.26 Å². The Morgan fingerprint density at radius 3 is 2.78 bits per heavy atom. The molecule has 0 aliphatic rings. The van der Waals surface area contributed by atoms with E-state index in [1.807, 2.05) is 19.9 Å². The van der Waals surface area contributed by atoms with Crippen LogP contribution in [0, 0.1) is 0 Å². The highest BCUT2D eigenvalue weighted by Crippen LogP contribution is 2.20. The molecule has 0 radical (unpaired) electrons. The molecule has 0 saturated carbocycles. The zero-order valence-corrected chi connectivity index (χ0v) is 13.0. The molecule has 1 amide bonds. The molecule has 0 aliphatic carbocycles. The van der Waals surface area contributed by atoms with Crippen molar-refractivity contribution in [1.29, 1.82) is 0 Å². The van der Waals surface area contributed by atoms with Gasteiger partial charge in [0.25, 0.3) is 5.91 Å². The summed E-state index contributed by atoms with van der Waals surface area (Å²) in [7, 11) is 0. The Hall–Kier alpha value is -2.76. The van der Waals surface area contributed by atoms with Crippen molar-refractivity contribution in [3.8, 4) is 5.75 Å². The maximum absolute atomic E-state index is 12.2. The van der Waals surface area contributed by atoms with Gasteiger partial charge in [-0.3, -0.25) is 4.79 Å². The number of furan rings is 1. The fraction of sp³-hybridized carbons (Fsp3) is 0.294. The van der Waals surface area contributed by atoms with Crippen molar-refractivity contribution in [2.45, 2.75) is 26.3 Å². The summed E-state index contributed by atoms with van der Waals surface area (Å²) in [4.78, 5) is 22.7. The monoisotopic (exact) mass is 317 g/mol. The topological polar surface area (TPSA) is 88.8 Å². The van der Waals surface area contributed by atoms with Crippen molar-refractivity contribution in [1.82, 2.24) is 5.32 Å². The second-order valence-electron chi connectivity index (χ2n) is 5.37. The van der Waals surface area contributed by atoms with Gasteiger partial charge < -0.3 is 19.6 Å². The third-order valence-corrected chi connectivity index (χ3v) is 3.24. The number of carbonyl (C=O) groups excluding carboxylic acids is 1. The summed E-state index contributed by atoms with van der Waals surface area (Å²) < 4.78 is 10.4. The number of ether oxygens (including phenoxy) is 1. The van der Waals surface area contributed by atoms with E-state index < -0.39 is 12.6 Å². The van der Waals surface area contributed by atoms with Crippen LogP contribution in [0.5, 0.6) is 5.75 Å². The van der Waals surface area contributed by atoms with Gasteiger partial charge in [-0.05, 0) is 29.7 Å². The van der Waals surface area contributed by atoms with Crippen molar-refractivity contribution >= 4 is 11.9 Å². The summed E-state index contributed by atoms with van der Waals surface area (Å²) in [5.74, 6) is -0.362. The molecule has 6 heteroatoms. The van der Waals surface area contributed by atoms with E-state index in [-0.39, 0.29) is 11.8 Å². The van der Waals surface area contributed by atoms with Crippen LogP contribution in [0.25, 0.3) is 0 Å². The van der Waals surface area contributed by atoms with Crippen LogP contribution in [0.4, 0.5) is 0 Å². The smallest absolute Gasteiger partial charge is 0.341 e. The van der Waals surface area contributed by atoms with E-state index in [1.54, 1.807) is 24.3 Å². The number of nitrogens with one attached hydrogen (secondary N) is 1. The SMILES string of the molecule is CC(C)c1ccoc1C(=O)NCc1cccc(OCC(=O)O)c1. The lowest BCUT2D eigenvalue weighted by Crippen LogP contribution is -2.23. The van der Waals surface area contributed by atoms with Gasteiger partial charge in [-0.1, -0.05) is 26.0 Å². The highest BCUT2D eigenvalue weighted by molar-refractivity contribution is 5.93. The maximum atomic E-state index is 12.2. The van der Waals surface area contributed by atoms with E-state index in [9.17, 15) is 9.59 Å². The van der Waals surface area contributed by atoms with E-state index in [4.69, 9.17) is 14.3 Å². The Morgan fingerprint density at radius 1 is 1.30 bits per heavy atom. The summed E-state index contributed by atoms with van der Waals surface area (Å²) in [5, 5.41) is 11.4. The molecule has 0 atom stereocenters. The third-order valence-electron chi connectivity index (χ3n) is 3.24. The number of hydrogen-bond acceptors (Lipinski definition) is 4. The minimum atomic E-state index is -1.04. The summed E-state index contributed by atoms with van der Waals surface area (Å²) in [6.07, 6.45) is 1.50. The predicted molar refractivity (Wildman–Crippen MR) is 83.5 cm³/mol. The first-order chi connectivity index (χ1) is 11.0. The maximum Gasteiger partial charge on any atom is 0.341 e. The number of amides is 1. The summed E-state index contributed by atoms with van der Waals surface area (Å²) in [6, 6.07) is 8.71. The first-order valence-corrected chi connectivity index (χ1v) is 7.26. The summed E-state index contributed by atoms with van der Waals surface area (Å²) >= 11 is 0. The van der Waals surface area contributed by atoms with Gasteiger partial charge in [-0.2, -0.15) is 0 Å². The lowest BCUT2D eigenvalue weighted by atomic mass is 10.0. The van der Waals surface area contributed by atoms with Crippen molar-refractivity contribution in [3.63, 3.8) is 0 Å². The molecular weight excluding hydrogens is 298 g/mol. The van der Waals surface area contributed by atoms with Crippen molar-refractivity contribution < 1.29 is 23.8 Å². The van der Waals surface area contributed by atoms with E-state index in [2.05, 4.69) is 5.32 Å². The lowest BCUT2D eigenvalue weighted by Gasteiger charge is -2.09. The highest BCUT2D eigenvalue weighted by atomic mass is 16.5. The molecule has 0 fully saturated rings. The van der Waals surface area contributed by atoms with E-state index in [0.717, 1.165) is 11.1 Å². The number of aliphatic carboxylic acids is 1. The molecule has 2 aromatic rings. The number of benzene rings is 1. The number of carboxylic acid groups (broad SMARTS) is 1. The first kappa shape index (κ1) is 16.6. The summed E-state index contributed by atoms with van der Waals surface area (Å²) in [5.41, 5.74) is 1.67. The Morgan fingerprint density at radius 2 is 2.09 bits per heavy atom. The minimum absolute atomic E-state index is 0.197. The highest BCUT2D eigenvalue weighted by Gasteiger charge is 2.17. The molecule has 1 aromatic heterocycles. The number of hydrogen-bond donors (Lipinski definition) is 2. The molecule has 1 aromatic carbocycles. The van der Waals surface area contributed by atoms with Gasteiger partial charge in [0.2, 0.25) is 0 Å². The van der Waals surface area contributed by atoms with Crippen molar-refractivity contribution in [2.24, 2.45) is 0 Å². The van der Waals surface area contributed by atoms with Crippen LogP contribution in [0.15, 0.2) is 41.0 Å². The molecule has 23 heavy (non-hydrogen) atoms. The molecule has 6 nitrogen and oxygen atoms in total. The minimum Gasteiger partial charge on any atom is -0.482 e. The molecule has 0 aliphatic heterocycles. The average Bonchev–Trinajstić information content (AvgIpc) is 3.01. The van der Waals surface area contributed by atoms with Crippen molar-refractivity contribution in [2.75, 3.05) is 6.61 Å². The van der Waals surface area contributed by atoms with E-state index in [0.29, 0.717) is 18.1 Å². The number of carboxylic acids is 1. The van der Waals surface area contributed by atoms with Crippen LogP contribution in [0.1, 0.15) is 41.4 Å². The second kappa shape index (κ2) is 7.49. The van der Waals surface area contributed by atoms with Gasteiger partial charge in [0.15, 0.2) is 12.4 Å². The largest absolute Gasteiger partial charge is 0.482 e. The zero-order chi connectivity index (χ0) is 16.8. The Balaban J connectivity index is 1.97. The third kappa shape index (κ3) is 4.60.